The Bertz CT molecular complexity index is 2330. The molecule has 6 aliphatic heterocycles. The molecule has 3 amide bonds. The van der Waals surface area contributed by atoms with Crippen LogP contribution < -0.4 is 19.9 Å². The SMILES string of the molecule is O=C1CC[C@H](N2Cc3cc4c(cc3C2=O)OC[C@H]2CN(C[C@@H]3COC5(CCN(c6ccc([C@H]7c8ccc(O)cc8CC[C@H]7c7ccccc7)cc6)CC5)C3)CCN42)C(=O)N1. The number of piperidine rings is 2. The van der Waals surface area contributed by atoms with E-state index < -0.39 is 11.9 Å². The summed E-state index contributed by atoms with van der Waals surface area (Å²) in [6.07, 6.45) is 5.81. The normalized spacial score (nSPS) is 27.2. The van der Waals surface area contributed by atoms with Gasteiger partial charge < -0.3 is 29.3 Å². The average molecular weight is 808 g/mol. The number of imide groups is 1. The number of nitrogens with zero attached hydrogens (tertiary/aromatic N) is 4. The molecule has 310 valence electrons. The van der Waals surface area contributed by atoms with Gasteiger partial charge in [0.15, 0.2) is 0 Å². The van der Waals surface area contributed by atoms with Gasteiger partial charge in [0, 0.05) is 69.4 Å². The summed E-state index contributed by atoms with van der Waals surface area (Å²) in [7, 11) is 0. The van der Waals surface area contributed by atoms with Crippen LogP contribution in [-0.4, -0.2) is 103 Å². The zero-order valence-corrected chi connectivity index (χ0v) is 34.1. The van der Waals surface area contributed by atoms with E-state index in [1.807, 2.05) is 18.2 Å². The third-order valence-corrected chi connectivity index (χ3v) is 14.8. The Labute approximate surface area is 351 Å². The van der Waals surface area contributed by atoms with Crippen LogP contribution in [0.4, 0.5) is 11.4 Å². The first-order valence-corrected chi connectivity index (χ1v) is 22.1. The third-order valence-electron chi connectivity index (χ3n) is 14.8. The summed E-state index contributed by atoms with van der Waals surface area (Å²) in [6, 6.07) is 29.7. The summed E-state index contributed by atoms with van der Waals surface area (Å²) in [6.45, 7) is 7.52. The number of carbonyl (C=O) groups excluding carboxylic acids is 3. The van der Waals surface area contributed by atoms with Crippen molar-refractivity contribution in [3.05, 3.63) is 118 Å². The second-order valence-corrected chi connectivity index (χ2v) is 18.4. The van der Waals surface area contributed by atoms with Crippen molar-refractivity contribution < 1.29 is 29.0 Å². The van der Waals surface area contributed by atoms with E-state index >= 15 is 0 Å². The number of phenolic OH excluding ortho intramolecular Hbond substituents is 1. The largest absolute Gasteiger partial charge is 0.508 e. The minimum Gasteiger partial charge on any atom is -0.508 e. The van der Waals surface area contributed by atoms with Crippen LogP contribution in [0.15, 0.2) is 84.9 Å². The Balaban J connectivity index is 0.699. The van der Waals surface area contributed by atoms with E-state index in [2.05, 4.69) is 86.7 Å². The molecule has 2 N–H and O–H groups in total. The highest BCUT2D eigenvalue weighted by Gasteiger charge is 2.45. The minimum absolute atomic E-state index is 0.0460. The number of aromatic hydroxyl groups is 1. The molecular weight excluding hydrogens is 755 g/mol. The lowest BCUT2D eigenvalue weighted by atomic mass is 9.69. The number of anilines is 2. The lowest BCUT2D eigenvalue weighted by Crippen LogP contribution is -2.58. The van der Waals surface area contributed by atoms with Gasteiger partial charge in [0.25, 0.3) is 5.91 Å². The lowest BCUT2D eigenvalue weighted by Gasteiger charge is -2.46. The quantitative estimate of drug-likeness (QED) is 0.228. The number of aryl methyl sites for hydroxylation is 1. The van der Waals surface area contributed by atoms with Gasteiger partial charge in [-0.3, -0.25) is 24.6 Å². The van der Waals surface area contributed by atoms with Crippen LogP contribution in [-0.2, 0) is 27.3 Å². The molecule has 4 saturated heterocycles. The predicted octanol–water partition coefficient (Wildman–Crippen LogP) is 5.97. The highest BCUT2D eigenvalue weighted by atomic mass is 16.5. The molecule has 60 heavy (non-hydrogen) atoms. The van der Waals surface area contributed by atoms with Gasteiger partial charge in [0.1, 0.15) is 24.1 Å². The molecule has 4 aromatic carbocycles. The Morgan fingerprint density at radius 1 is 0.800 bits per heavy atom. The summed E-state index contributed by atoms with van der Waals surface area (Å²) in [5, 5.41) is 12.7. The highest BCUT2D eigenvalue weighted by molar-refractivity contribution is 6.06. The van der Waals surface area contributed by atoms with Crippen LogP contribution in [0.3, 0.4) is 0 Å². The number of fused-ring (bicyclic) bond motifs is 5. The van der Waals surface area contributed by atoms with Crippen LogP contribution in [0.1, 0.15) is 88.5 Å². The summed E-state index contributed by atoms with van der Waals surface area (Å²) < 4.78 is 13.0. The predicted molar refractivity (Wildman–Crippen MR) is 228 cm³/mol. The summed E-state index contributed by atoms with van der Waals surface area (Å²) in [5.74, 6) is 1.38. The third kappa shape index (κ3) is 6.70. The average Bonchev–Trinajstić information content (AvgIpc) is 3.81. The number of carbonyl (C=O) groups is 3. The Hall–Kier alpha value is -5.39. The molecule has 0 unspecified atom stereocenters. The number of nitrogens with one attached hydrogen (secondary N) is 1. The van der Waals surface area contributed by atoms with Crippen molar-refractivity contribution in [3.63, 3.8) is 0 Å². The second kappa shape index (κ2) is 15.0. The van der Waals surface area contributed by atoms with Crippen LogP contribution in [0, 0.1) is 5.92 Å². The molecule has 4 fully saturated rings. The zero-order valence-electron chi connectivity index (χ0n) is 34.1. The Morgan fingerprint density at radius 2 is 1.63 bits per heavy atom. The van der Waals surface area contributed by atoms with Gasteiger partial charge in [-0.15, -0.1) is 0 Å². The molecule has 7 aliphatic rings. The minimum atomic E-state index is -0.626. The van der Waals surface area contributed by atoms with Crippen LogP contribution in [0.2, 0.25) is 0 Å². The topological polar surface area (TPSA) is 115 Å². The standard InChI is InChI=1S/C49H53N5O6/c55-38-11-13-40-34(22-38)8-12-39(32-4-2-1-3-5-32)46(40)33-6-9-36(10-7-33)52-18-16-49(17-19-52)25-31(29-60-49)26-51-20-21-53-37(28-51)30-59-44-24-41-35(23-43(44)53)27-54(48(41)58)42-14-15-45(56)50-47(42)57/h1-7,9-11,13,22-24,31,37,39,42,46,55H,8,12,14-21,25-30H2,(H,50,56,57)/t31-,37-,39+,42+,46-/m1/s1. The van der Waals surface area contributed by atoms with Crippen LogP contribution >= 0.6 is 0 Å². The van der Waals surface area contributed by atoms with E-state index in [4.69, 9.17) is 9.47 Å². The Morgan fingerprint density at radius 3 is 2.45 bits per heavy atom. The molecular formula is C49H53N5O6. The first-order valence-electron chi connectivity index (χ1n) is 22.1. The number of phenols is 1. The summed E-state index contributed by atoms with van der Waals surface area (Å²) in [5.41, 5.74) is 9.07. The van der Waals surface area contributed by atoms with Gasteiger partial charge in [0.2, 0.25) is 11.8 Å². The summed E-state index contributed by atoms with van der Waals surface area (Å²) >= 11 is 0. The van der Waals surface area contributed by atoms with Gasteiger partial charge >= 0.3 is 0 Å². The van der Waals surface area contributed by atoms with Crippen molar-refractivity contribution >= 4 is 29.1 Å². The van der Waals surface area contributed by atoms with E-state index in [0.717, 1.165) is 95.0 Å². The fourth-order valence-corrected chi connectivity index (χ4v) is 11.8. The maximum Gasteiger partial charge on any atom is 0.255 e. The number of piperazine rings is 1. The molecule has 1 aliphatic carbocycles. The molecule has 1 spiro atoms. The molecule has 0 saturated carbocycles. The van der Waals surface area contributed by atoms with Gasteiger partial charge in [-0.1, -0.05) is 48.5 Å². The van der Waals surface area contributed by atoms with E-state index in [1.54, 1.807) is 4.90 Å². The smallest absolute Gasteiger partial charge is 0.255 e. The van der Waals surface area contributed by atoms with Crippen molar-refractivity contribution in [3.8, 4) is 11.5 Å². The molecule has 0 aromatic heterocycles. The van der Waals surface area contributed by atoms with Crippen molar-refractivity contribution in [2.45, 2.75) is 81.0 Å². The molecule has 0 bridgehead atoms. The fraction of sp³-hybridized carbons (Fsp3) is 0.449. The maximum atomic E-state index is 13.4. The van der Waals surface area contributed by atoms with Gasteiger partial charge in [-0.05, 0) is 115 Å². The van der Waals surface area contributed by atoms with E-state index in [9.17, 15) is 19.5 Å². The summed E-state index contributed by atoms with van der Waals surface area (Å²) in [4.78, 5) is 46.9. The number of rotatable bonds is 6. The van der Waals surface area contributed by atoms with Crippen molar-refractivity contribution in [2.24, 2.45) is 5.92 Å². The monoisotopic (exact) mass is 807 g/mol. The molecule has 6 heterocycles. The fourth-order valence-electron chi connectivity index (χ4n) is 11.8. The van der Waals surface area contributed by atoms with E-state index in [1.165, 1.54) is 27.9 Å². The molecule has 11 heteroatoms. The lowest BCUT2D eigenvalue weighted by molar-refractivity contribution is -0.136. The number of ether oxygens (including phenoxy) is 2. The van der Waals surface area contributed by atoms with Crippen LogP contribution in [0.25, 0.3) is 0 Å². The molecule has 4 aromatic rings. The first kappa shape index (κ1) is 37.6. The number of amides is 3. The van der Waals surface area contributed by atoms with Gasteiger partial charge in [-0.25, -0.2) is 0 Å². The number of benzene rings is 4. The number of hydrogen-bond donors (Lipinski definition) is 2. The van der Waals surface area contributed by atoms with Crippen molar-refractivity contribution in [1.82, 2.24) is 15.1 Å². The van der Waals surface area contributed by atoms with Crippen LogP contribution in [0.5, 0.6) is 11.5 Å². The van der Waals surface area contributed by atoms with Gasteiger partial charge in [0.05, 0.1) is 23.9 Å². The van der Waals surface area contributed by atoms with E-state index in [0.29, 0.717) is 42.7 Å². The first-order chi connectivity index (χ1) is 29.3. The zero-order chi connectivity index (χ0) is 40.5. The van der Waals surface area contributed by atoms with Gasteiger partial charge in [-0.2, -0.15) is 0 Å². The number of hydrogen-bond acceptors (Lipinski definition) is 9. The second-order valence-electron chi connectivity index (χ2n) is 18.4. The highest BCUT2D eigenvalue weighted by Crippen LogP contribution is 2.48. The maximum absolute atomic E-state index is 13.4. The Kier molecular flexibility index (Phi) is 9.37. The molecule has 5 atom stereocenters. The van der Waals surface area contributed by atoms with E-state index in [-0.39, 0.29) is 35.8 Å². The molecule has 11 rings (SSSR count). The molecule has 11 nitrogen and oxygen atoms in total. The molecule has 0 radical (unpaired) electrons. The van der Waals surface area contributed by atoms with Crippen molar-refractivity contribution in [1.29, 1.82) is 0 Å². The van der Waals surface area contributed by atoms with Crippen molar-refractivity contribution in [2.75, 3.05) is 62.3 Å².